The standard InChI is InChI=1S/C31H38N2O3/c1-22-11-10-14-26(18-22)20-33(29(34)21-36-28-16-15-23(2)17-24(28)3)27(30(35)32-31(4,5)6)19-25-12-8-7-9-13-25/h7-18,27H,19-21H2,1-6H3,(H,32,35)/t27-/m1/s1. The van der Waals surface area contributed by atoms with Crippen molar-refractivity contribution in [2.24, 2.45) is 0 Å². The average molecular weight is 487 g/mol. The monoisotopic (exact) mass is 486 g/mol. The van der Waals surface area contributed by atoms with E-state index in [0.29, 0.717) is 18.7 Å². The molecule has 190 valence electrons. The van der Waals surface area contributed by atoms with E-state index in [1.807, 2.05) is 114 Å². The molecule has 1 N–H and O–H groups in total. The summed E-state index contributed by atoms with van der Waals surface area (Å²) < 4.78 is 5.95. The first kappa shape index (κ1) is 27.0. The first-order valence-electron chi connectivity index (χ1n) is 12.4. The molecule has 3 aromatic rings. The Bertz CT molecular complexity index is 1180. The molecule has 5 heteroatoms. The molecule has 0 radical (unpaired) electrons. The molecule has 0 saturated heterocycles. The van der Waals surface area contributed by atoms with Crippen molar-refractivity contribution < 1.29 is 14.3 Å². The summed E-state index contributed by atoms with van der Waals surface area (Å²) in [5, 5.41) is 3.09. The number of aryl methyl sites for hydroxylation is 3. The normalized spacial score (nSPS) is 12.1. The first-order chi connectivity index (χ1) is 17.0. The highest BCUT2D eigenvalue weighted by atomic mass is 16.5. The maximum atomic E-state index is 13.7. The Hall–Kier alpha value is -3.60. The molecular formula is C31H38N2O3. The van der Waals surface area contributed by atoms with E-state index in [1.165, 1.54) is 0 Å². The third kappa shape index (κ3) is 7.98. The number of benzene rings is 3. The average Bonchev–Trinajstić information content (AvgIpc) is 2.80. The van der Waals surface area contributed by atoms with Gasteiger partial charge in [0.15, 0.2) is 6.61 Å². The molecule has 1 atom stereocenters. The lowest BCUT2D eigenvalue weighted by molar-refractivity contribution is -0.143. The molecular weight excluding hydrogens is 448 g/mol. The van der Waals surface area contributed by atoms with E-state index in [2.05, 4.69) is 5.32 Å². The quantitative estimate of drug-likeness (QED) is 0.432. The summed E-state index contributed by atoms with van der Waals surface area (Å²) in [5.41, 5.74) is 4.73. The lowest BCUT2D eigenvalue weighted by Crippen LogP contribution is -2.55. The van der Waals surface area contributed by atoms with Crippen LogP contribution in [-0.2, 0) is 22.6 Å². The number of nitrogens with zero attached hydrogens (tertiary/aromatic N) is 1. The molecule has 0 heterocycles. The molecule has 0 aliphatic carbocycles. The lowest BCUT2D eigenvalue weighted by Gasteiger charge is -2.34. The van der Waals surface area contributed by atoms with Gasteiger partial charge in [-0.05, 0) is 64.3 Å². The van der Waals surface area contributed by atoms with E-state index >= 15 is 0 Å². The fourth-order valence-corrected chi connectivity index (χ4v) is 4.20. The van der Waals surface area contributed by atoms with Gasteiger partial charge in [-0.25, -0.2) is 0 Å². The zero-order valence-electron chi connectivity index (χ0n) is 22.3. The minimum absolute atomic E-state index is 0.149. The maximum Gasteiger partial charge on any atom is 0.261 e. The molecule has 0 aliphatic rings. The van der Waals surface area contributed by atoms with Gasteiger partial charge >= 0.3 is 0 Å². The van der Waals surface area contributed by atoms with Gasteiger partial charge in [-0.15, -0.1) is 0 Å². The summed E-state index contributed by atoms with van der Waals surface area (Å²) in [7, 11) is 0. The molecule has 3 aromatic carbocycles. The highest BCUT2D eigenvalue weighted by Crippen LogP contribution is 2.20. The van der Waals surface area contributed by atoms with Gasteiger partial charge in [0.25, 0.3) is 5.91 Å². The Morgan fingerprint density at radius 3 is 2.17 bits per heavy atom. The topological polar surface area (TPSA) is 58.6 Å². The van der Waals surface area contributed by atoms with Crippen LogP contribution in [0.15, 0.2) is 72.8 Å². The van der Waals surface area contributed by atoms with Crippen molar-refractivity contribution in [1.29, 1.82) is 0 Å². The van der Waals surface area contributed by atoms with E-state index < -0.39 is 11.6 Å². The first-order valence-corrected chi connectivity index (χ1v) is 12.4. The molecule has 0 unspecified atom stereocenters. The van der Waals surface area contributed by atoms with Gasteiger partial charge in [-0.3, -0.25) is 9.59 Å². The molecule has 0 aromatic heterocycles. The number of nitrogens with one attached hydrogen (secondary N) is 1. The summed E-state index contributed by atoms with van der Waals surface area (Å²) in [6, 6.07) is 23.0. The Labute approximate surface area is 215 Å². The van der Waals surface area contributed by atoms with Crippen molar-refractivity contribution >= 4 is 11.8 Å². The number of carbonyl (C=O) groups is 2. The van der Waals surface area contributed by atoms with Crippen molar-refractivity contribution in [2.75, 3.05) is 6.61 Å². The van der Waals surface area contributed by atoms with Crippen LogP contribution in [0.3, 0.4) is 0 Å². The van der Waals surface area contributed by atoms with Crippen molar-refractivity contribution in [3.8, 4) is 5.75 Å². The van der Waals surface area contributed by atoms with Crippen LogP contribution in [0.1, 0.15) is 48.6 Å². The van der Waals surface area contributed by atoms with E-state index in [1.54, 1.807) is 4.90 Å². The SMILES string of the molecule is Cc1cccc(CN(C(=O)COc2ccc(C)cc2C)[C@H](Cc2ccccc2)C(=O)NC(C)(C)C)c1. The molecule has 36 heavy (non-hydrogen) atoms. The second-order valence-electron chi connectivity index (χ2n) is 10.5. The Balaban J connectivity index is 1.94. The molecule has 0 aliphatic heterocycles. The molecule has 5 nitrogen and oxygen atoms in total. The molecule has 0 bridgehead atoms. The van der Waals surface area contributed by atoms with Crippen molar-refractivity contribution in [1.82, 2.24) is 10.2 Å². The second-order valence-corrected chi connectivity index (χ2v) is 10.5. The van der Waals surface area contributed by atoms with E-state index in [4.69, 9.17) is 4.74 Å². The van der Waals surface area contributed by atoms with Crippen LogP contribution >= 0.6 is 0 Å². The zero-order valence-corrected chi connectivity index (χ0v) is 22.3. The number of hydrogen-bond donors (Lipinski definition) is 1. The number of carbonyl (C=O) groups excluding carboxylic acids is 2. The Morgan fingerprint density at radius 2 is 1.53 bits per heavy atom. The maximum absolute atomic E-state index is 13.7. The van der Waals surface area contributed by atoms with Crippen molar-refractivity contribution in [3.05, 3.63) is 101 Å². The summed E-state index contributed by atoms with van der Waals surface area (Å²) in [6.07, 6.45) is 0.407. The van der Waals surface area contributed by atoms with Gasteiger partial charge in [-0.1, -0.05) is 77.9 Å². The van der Waals surface area contributed by atoms with Crippen LogP contribution in [0, 0.1) is 20.8 Å². The van der Waals surface area contributed by atoms with E-state index in [-0.39, 0.29) is 18.4 Å². The highest BCUT2D eigenvalue weighted by molar-refractivity contribution is 5.89. The van der Waals surface area contributed by atoms with Crippen LogP contribution < -0.4 is 10.1 Å². The summed E-state index contributed by atoms with van der Waals surface area (Å²) in [4.78, 5) is 29.0. The Kier molecular flexibility index (Phi) is 8.92. The minimum Gasteiger partial charge on any atom is -0.483 e. The molecule has 2 amide bonds. The number of hydrogen-bond acceptors (Lipinski definition) is 3. The predicted octanol–water partition coefficient (Wildman–Crippen LogP) is 5.55. The highest BCUT2D eigenvalue weighted by Gasteiger charge is 2.32. The number of rotatable bonds is 9. The van der Waals surface area contributed by atoms with Crippen LogP contribution in [0.4, 0.5) is 0 Å². The van der Waals surface area contributed by atoms with Crippen molar-refractivity contribution in [3.63, 3.8) is 0 Å². The van der Waals surface area contributed by atoms with Crippen molar-refractivity contribution in [2.45, 2.75) is 66.1 Å². The molecule has 0 spiro atoms. The fourth-order valence-electron chi connectivity index (χ4n) is 4.20. The largest absolute Gasteiger partial charge is 0.483 e. The van der Waals surface area contributed by atoms with Gasteiger partial charge in [0.2, 0.25) is 5.91 Å². The van der Waals surface area contributed by atoms with Crippen LogP contribution in [0.5, 0.6) is 5.75 Å². The molecule has 0 saturated carbocycles. The van der Waals surface area contributed by atoms with Gasteiger partial charge in [-0.2, -0.15) is 0 Å². The lowest BCUT2D eigenvalue weighted by atomic mass is 10.0. The van der Waals surface area contributed by atoms with Gasteiger partial charge in [0.1, 0.15) is 11.8 Å². The van der Waals surface area contributed by atoms with Gasteiger partial charge in [0, 0.05) is 18.5 Å². The van der Waals surface area contributed by atoms with E-state index in [0.717, 1.165) is 27.8 Å². The van der Waals surface area contributed by atoms with Crippen LogP contribution in [-0.4, -0.2) is 34.9 Å². The minimum atomic E-state index is -0.692. The number of ether oxygens (including phenoxy) is 1. The van der Waals surface area contributed by atoms with Gasteiger partial charge < -0.3 is 15.0 Å². The predicted molar refractivity (Wildman–Crippen MR) is 145 cm³/mol. The van der Waals surface area contributed by atoms with Crippen LogP contribution in [0.2, 0.25) is 0 Å². The Morgan fingerprint density at radius 1 is 0.861 bits per heavy atom. The smallest absolute Gasteiger partial charge is 0.261 e. The van der Waals surface area contributed by atoms with Gasteiger partial charge in [0.05, 0.1) is 0 Å². The summed E-state index contributed by atoms with van der Waals surface area (Å²) >= 11 is 0. The molecule has 0 fully saturated rings. The van der Waals surface area contributed by atoms with E-state index in [9.17, 15) is 9.59 Å². The molecule has 3 rings (SSSR count). The fraction of sp³-hybridized carbons (Fsp3) is 0.355. The second kappa shape index (κ2) is 11.9. The zero-order chi connectivity index (χ0) is 26.3. The van der Waals surface area contributed by atoms with Crippen LogP contribution in [0.25, 0.3) is 0 Å². The number of amides is 2. The third-order valence-electron chi connectivity index (χ3n) is 5.89. The third-order valence-corrected chi connectivity index (χ3v) is 5.89. The summed E-state index contributed by atoms with van der Waals surface area (Å²) in [6.45, 7) is 12.0. The summed E-state index contributed by atoms with van der Waals surface area (Å²) in [5.74, 6) is 0.253.